The lowest BCUT2D eigenvalue weighted by atomic mass is 9.86. The van der Waals surface area contributed by atoms with Crippen LogP contribution in [0.15, 0.2) is 29.3 Å². The second-order valence-electron chi connectivity index (χ2n) is 5.70. The molecule has 2 heterocycles. The molecule has 1 aromatic carbocycles. The SMILES string of the molecule is COCC1(CN=C(N)N2CCC2)OCCc2ccccc21. The number of nitrogens with zero attached hydrogens (tertiary/aromatic N) is 2. The summed E-state index contributed by atoms with van der Waals surface area (Å²) in [5, 5.41) is 0. The van der Waals surface area contributed by atoms with Gasteiger partial charge in [-0.05, 0) is 24.0 Å². The van der Waals surface area contributed by atoms with Crippen molar-refractivity contribution >= 4 is 5.96 Å². The van der Waals surface area contributed by atoms with Crippen LogP contribution in [0.5, 0.6) is 0 Å². The minimum Gasteiger partial charge on any atom is -0.381 e. The third-order valence-corrected chi connectivity index (χ3v) is 4.31. The van der Waals surface area contributed by atoms with Crippen molar-refractivity contribution in [1.29, 1.82) is 0 Å². The summed E-state index contributed by atoms with van der Waals surface area (Å²) in [6.45, 7) is 3.69. The first kappa shape index (κ1) is 14.4. The van der Waals surface area contributed by atoms with Crippen LogP contribution in [0.4, 0.5) is 0 Å². The zero-order chi connectivity index (χ0) is 14.7. The first-order chi connectivity index (χ1) is 10.2. The van der Waals surface area contributed by atoms with E-state index >= 15 is 0 Å². The third-order valence-electron chi connectivity index (χ3n) is 4.31. The molecular weight excluding hydrogens is 266 g/mol. The van der Waals surface area contributed by atoms with Gasteiger partial charge in [0, 0.05) is 20.2 Å². The molecule has 1 fully saturated rings. The smallest absolute Gasteiger partial charge is 0.191 e. The first-order valence-electron chi connectivity index (χ1n) is 7.51. The Balaban J connectivity index is 1.86. The Bertz CT molecular complexity index is 528. The molecular formula is C16H23N3O2. The summed E-state index contributed by atoms with van der Waals surface area (Å²) in [5.74, 6) is 0.614. The largest absolute Gasteiger partial charge is 0.381 e. The summed E-state index contributed by atoms with van der Waals surface area (Å²) >= 11 is 0. The standard InChI is InChI=1S/C16H23N3O2/c1-20-12-16(11-18-15(17)19-8-4-9-19)14-6-3-2-5-13(14)7-10-21-16/h2-3,5-6H,4,7-12H2,1H3,(H2,17,18). The Labute approximate surface area is 125 Å². The lowest BCUT2D eigenvalue weighted by Crippen LogP contribution is -2.48. The van der Waals surface area contributed by atoms with E-state index < -0.39 is 5.60 Å². The van der Waals surface area contributed by atoms with Gasteiger partial charge in [0.25, 0.3) is 0 Å². The van der Waals surface area contributed by atoms with Gasteiger partial charge >= 0.3 is 0 Å². The predicted molar refractivity (Wildman–Crippen MR) is 82.3 cm³/mol. The molecule has 0 aromatic heterocycles. The maximum absolute atomic E-state index is 6.11. The second kappa shape index (κ2) is 6.03. The Hall–Kier alpha value is -1.59. The van der Waals surface area contributed by atoms with Crippen LogP contribution >= 0.6 is 0 Å². The van der Waals surface area contributed by atoms with Gasteiger partial charge in [0.15, 0.2) is 5.96 Å². The van der Waals surface area contributed by atoms with E-state index in [4.69, 9.17) is 15.2 Å². The van der Waals surface area contributed by atoms with E-state index in [-0.39, 0.29) is 0 Å². The Morgan fingerprint density at radius 1 is 1.43 bits per heavy atom. The summed E-state index contributed by atoms with van der Waals surface area (Å²) in [6, 6.07) is 8.38. The van der Waals surface area contributed by atoms with Crippen LogP contribution < -0.4 is 5.73 Å². The maximum atomic E-state index is 6.11. The molecule has 1 aromatic rings. The first-order valence-corrected chi connectivity index (χ1v) is 7.51. The molecule has 21 heavy (non-hydrogen) atoms. The monoisotopic (exact) mass is 289 g/mol. The summed E-state index contributed by atoms with van der Waals surface area (Å²) < 4.78 is 11.5. The number of methoxy groups -OCH3 is 1. The Kier molecular flexibility index (Phi) is 4.12. The number of hydrogen-bond acceptors (Lipinski definition) is 3. The highest BCUT2D eigenvalue weighted by atomic mass is 16.5. The Morgan fingerprint density at radius 2 is 2.24 bits per heavy atom. The molecule has 0 saturated carbocycles. The van der Waals surface area contributed by atoms with Gasteiger partial charge in [-0.25, -0.2) is 4.99 Å². The number of hydrogen-bond donors (Lipinski definition) is 1. The summed E-state index contributed by atoms with van der Waals surface area (Å²) in [6.07, 6.45) is 2.13. The van der Waals surface area contributed by atoms with Crippen LogP contribution in [0.2, 0.25) is 0 Å². The molecule has 2 N–H and O–H groups in total. The van der Waals surface area contributed by atoms with Crippen LogP contribution in [-0.4, -0.2) is 50.8 Å². The van der Waals surface area contributed by atoms with E-state index in [2.05, 4.69) is 28.1 Å². The predicted octanol–water partition coefficient (Wildman–Crippen LogP) is 1.12. The van der Waals surface area contributed by atoms with Gasteiger partial charge in [0.2, 0.25) is 0 Å². The molecule has 0 bridgehead atoms. The number of fused-ring (bicyclic) bond motifs is 1. The molecule has 1 atom stereocenters. The fraction of sp³-hybridized carbons (Fsp3) is 0.562. The molecule has 114 valence electrons. The Morgan fingerprint density at radius 3 is 2.95 bits per heavy atom. The third kappa shape index (κ3) is 2.76. The highest BCUT2D eigenvalue weighted by Gasteiger charge is 2.38. The average Bonchev–Trinajstić information content (AvgIpc) is 2.44. The molecule has 5 heteroatoms. The fourth-order valence-electron chi connectivity index (χ4n) is 3.00. The highest BCUT2D eigenvalue weighted by Crippen LogP contribution is 2.34. The van der Waals surface area contributed by atoms with Crippen molar-refractivity contribution < 1.29 is 9.47 Å². The van der Waals surface area contributed by atoms with Gasteiger partial charge in [-0.2, -0.15) is 0 Å². The lowest BCUT2D eigenvalue weighted by molar-refractivity contribution is -0.0961. The number of benzene rings is 1. The van der Waals surface area contributed by atoms with Gasteiger partial charge in [-0.15, -0.1) is 0 Å². The number of aliphatic imine (C=N–C) groups is 1. The molecule has 5 nitrogen and oxygen atoms in total. The molecule has 3 rings (SSSR count). The number of likely N-dealkylation sites (tertiary alicyclic amines) is 1. The van der Waals surface area contributed by atoms with Crippen molar-refractivity contribution in [3.63, 3.8) is 0 Å². The zero-order valence-electron chi connectivity index (χ0n) is 12.5. The van der Waals surface area contributed by atoms with Gasteiger partial charge < -0.3 is 20.1 Å². The van der Waals surface area contributed by atoms with Crippen molar-refractivity contribution in [2.75, 3.05) is 40.0 Å². The molecule has 2 aliphatic heterocycles. The lowest BCUT2D eigenvalue weighted by Gasteiger charge is -2.38. The number of guanidine groups is 1. The van der Waals surface area contributed by atoms with Crippen molar-refractivity contribution in [1.82, 2.24) is 4.90 Å². The van der Waals surface area contributed by atoms with Crippen LogP contribution in [0.1, 0.15) is 17.5 Å². The van der Waals surface area contributed by atoms with Gasteiger partial charge in [-0.1, -0.05) is 24.3 Å². The van der Waals surface area contributed by atoms with Crippen LogP contribution in [0.3, 0.4) is 0 Å². The molecule has 0 aliphatic carbocycles. The minimum absolute atomic E-state index is 0.487. The average molecular weight is 289 g/mol. The molecule has 0 amide bonds. The normalized spacial score (nSPS) is 25.4. The van der Waals surface area contributed by atoms with Gasteiger partial charge in [0.05, 0.1) is 19.8 Å². The van der Waals surface area contributed by atoms with E-state index in [0.29, 0.717) is 25.7 Å². The van der Waals surface area contributed by atoms with Crippen molar-refractivity contribution in [3.05, 3.63) is 35.4 Å². The van der Waals surface area contributed by atoms with E-state index in [1.54, 1.807) is 7.11 Å². The molecule has 1 unspecified atom stereocenters. The van der Waals surface area contributed by atoms with E-state index in [0.717, 1.165) is 19.5 Å². The summed E-state index contributed by atoms with van der Waals surface area (Å²) in [5.41, 5.74) is 8.03. The summed E-state index contributed by atoms with van der Waals surface area (Å²) in [7, 11) is 1.70. The number of nitrogens with two attached hydrogens (primary N) is 1. The van der Waals surface area contributed by atoms with Crippen LogP contribution in [0.25, 0.3) is 0 Å². The van der Waals surface area contributed by atoms with E-state index in [1.165, 1.54) is 17.5 Å². The molecule has 0 spiro atoms. The van der Waals surface area contributed by atoms with Gasteiger partial charge in [0.1, 0.15) is 5.60 Å². The zero-order valence-corrected chi connectivity index (χ0v) is 12.5. The quantitative estimate of drug-likeness (QED) is 0.666. The minimum atomic E-state index is -0.515. The van der Waals surface area contributed by atoms with Gasteiger partial charge in [-0.3, -0.25) is 0 Å². The summed E-state index contributed by atoms with van der Waals surface area (Å²) in [4.78, 5) is 6.67. The van der Waals surface area contributed by atoms with Crippen molar-refractivity contribution in [2.45, 2.75) is 18.4 Å². The molecule has 0 radical (unpaired) electrons. The van der Waals surface area contributed by atoms with E-state index in [1.807, 2.05) is 6.07 Å². The number of rotatable bonds is 4. The van der Waals surface area contributed by atoms with Crippen LogP contribution in [-0.2, 0) is 21.5 Å². The molecule has 2 aliphatic rings. The highest BCUT2D eigenvalue weighted by molar-refractivity contribution is 5.78. The number of ether oxygens (including phenoxy) is 2. The topological polar surface area (TPSA) is 60.1 Å². The second-order valence-corrected chi connectivity index (χ2v) is 5.70. The maximum Gasteiger partial charge on any atom is 0.191 e. The van der Waals surface area contributed by atoms with E-state index in [9.17, 15) is 0 Å². The van der Waals surface area contributed by atoms with Crippen molar-refractivity contribution in [2.24, 2.45) is 10.7 Å². The fourth-order valence-corrected chi connectivity index (χ4v) is 3.00. The van der Waals surface area contributed by atoms with Crippen LogP contribution in [0, 0.1) is 0 Å². The molecule has 1 saturated heterocycles. The van der Waals surface area contributed by atoms with Crippen molar-refractivity contribution in [3.8, 4) is 0 Å².